The second kappa shape index (κ2) is 5.76. The molecule has 1 unspecified atom stereocenters. The van der Waals surface area contributed by atoms with Gasteiger partial charge in [0.05, 0.1) is 0 Å². The van der Waals surface area contributed by atoms with E-state index in [-0.39, 0.29) is 0 Å². The first kappa shape index (κ1) is 14.7. The molecule has 2 aliphatic heterocycles. The molecule has 7 heteroatoms. The molecule has 2 saturated heterocycles. The van der Waals surface area contributed by atoms with Gasteiger partial charge in [-0.3, -0.25) is 4.79 Å². The number of carboxylic acid groups (broad SMARTS) is 1. The van der Waals surface area contributed by atoms with Crippen LogP contribution in [0.2, 0.25) is 0 Å². The highest BCUT2D eigenvalue weighted by Gasteiger charge is 2.40. The average Bonchev–Trinajstić information content (AvgIpc) is 2.38. The molecule has 0 amide bonds. The third-order valence-electron chi connectivity index (χ3n) is 3.98. The second-order valence-electron chi connectivity index (χ2n) is 5.57. The number of aliphatic carboxylic acids is 1. The van der Waals surface area contributed by atoms with Gasteiger partial charge >= 0.3 is 5.97 Å². The Balaban J connectivity index is 2.19. The van der Waals surface area contributed by atoms with Crippen LogP contribution in [0.4, 0.5) is 0 Å². The molecular weight excluding hydrogens is 268 g/mol. The summed E-state index contributed by atoms with van der Waals surface area (Å²) in [4.78, 5) is 11.2. The van der Waals surface area contributed by atoms with Crippen LogP contribution < -0.4 is 0 Å². The van der Waals surface area contributed by atoms with Gasteiger partial charge in [-0.25, -0.2) is 0 Å². The van der Waals surface area contributed by atoms with E-state index in [1.54, 1.807) is 0 Å². The lowest BCUT2D eigenvalue weighted by molar-refractivity contribution is -0.142. The van der Waals surface area contributed by atoms with E-state index >= 15 is 0 Å². The van der Waals surface area contributed by atoms with E-state index in [0.29, 0.717) is 32.0 Å². The van der Waals surface area contributed by atoms with Crippen molar-refractivity contribution >= 4 is 16.2 Å². The van der Waals surface area contributed by atoms with Crippen molar-refractivity contribution in [3.63, 3.8) is 0 Å². The molecule has 2 fully saturated rings. The lowest BCUT2D eigenvalue weighted by Crippen LogP contribution is -2.54. The zero-order chi connectivity index (χ0) is 14.0. The summed E-state index contributed by atoms with van der Waals surface area (Å²) in [6.45, 7) is 3.37. The molecule has 19 heavy (non-hydrogen) atoms. The minimum absolute atomic E-state index is 0.324. The van der Waals surface area contributed by atoms with Gasteiger partial charge in [-0.2, -0.15) is 17.0 Å². The molecule has 2 aliphatic rings. The smallest absolute Gasteiger partial charge is 0.322 e. The van der Waals surface area contributed by atoms with Gasteiger partial charge in [0.25, 0.3) is 10.2 Å². The summed E-state index contributed by atoms with van der Waals surface area (Å²) in [6.07, 6.45) is 3.82. The van der Waals surface area contributed by atoms with Gasteiger partial charge in [0, 0.05) is 19.6 Å². The van der Waals surface area contributed by atoms with Crippen molar-refractivity contribution in [2.24, 2.45) is 5.92 Å². The van der Waals surface area contributed by atoms with Crippen LogP contribution in [0.25, 0.3) is 0 Å². The van der Waals surface area contributed by atoms with Crippen molar-refractivity contribution in [3.05, 3.63) is 0 Å². The summed E-state index contributed by atoms with van der Waals surface area (Å²) >= 11 is 0. The second-order valence-corrected chi connectivity index (χ2v) is 7.45. The molecule has 0 radical (unpaired) electrons. The maximum atomic E-state index is 12.6. The summed E-state index contributed by atoms with van der Waals surface area (Å²) in [5, 5.41) is 9.20. The first-order chi connectivity index (χ1) is 8.93. The van der Waals surface area contributed by atoms with Crippen LogP contribution in [0.1, 0.15) is 39.0 Å². The fourth-order valence-electron chi connectivity index (χ4n) is 2.93. The van der Waals surface area contributed by atoms with Crippen molar-refractivity contribution in [2.45, 2.75) is 45.1 Å². The summed E-state index contributed by atoms with van der Waals surface area (Å²) in [5.41, 5.74) is 0. The van der Waals surface area contributed by atoms with Crippen LogP contribution in [-0.2, 0) is 15.0 Å². The van der Waals surface area contributed by atoms with Crippen molar-refractivity contribution in [3.8, 4) is 0 Å². The third kappa shape index (κ3) is 3.09. The molecule has 0 aromatic carbocycles. The summed E-state index contributed by atoms with van der Waals surface area (Å²) in [6, 6.07) is -0.893. The third-order valence-corrected chi connectivity index (χ3v) is 6.00. The van der Waals surface area contributed by atoms with Gasteiger partial charge in [0.1, 0.15) is 6.04 Å². The highest BCUT2D eigenvalue weighted by atomic mass is 32.2. The maximum Gasteiger partial charge on any atom is 0.322 e. The lowest BCUT2D eigenvalue weighted by Gasteiger charge is -2.38. The predicted molar refractivity (Wildman–Crippen MR) is 70.9 cm³/mol. The van der Waals surface area contributed by atoms with E-state index in [9.17, 15) is 18.3 Å². The number of nitrogens with zero attached hydrogens (tertiary/aromatic N) is 2. The van der Waals surface area contributed by atoms with Crippen LogP contribution in [0.5, 0.6) is 0 Å². The Morgan fingerprint density at radius 2 is 1.89 bits per heavy atom. The van der Waals surface area contributed by atoms with E-state index in [0.717, 1.165) is 25.7 Å². The van der Waals surface area contributed by atoms with Crippen molar-refractivity contribution < 1.29 is 18.3 Å². The van der Waals surface area contributed by atoms with Gasteiger partial charge in [0.15, 0.2) is 0 Å². The molecule has 110 valence electrons. The maximum absolute atomic E-state index is 12.6. The monoisotopic (exact) mass is 290 g/mol. The van der Waals surface area contributed by atoms with E-state index in [2.05, 4.69) is 0 Å². The number of hydrogen-bond donors (Lipinski definition) is 1. The Morgan fingerprint density at radius 1 is 1.16 bits per heavy atom. The number of hydrogen-bond acceptors (Lipinski definition) is 3. The van der Waals surface area contributed by atoms with Crippen molar-refractivity contribution in [2.75, 3.05) is 19.6 Å². The largest absolute Gasteiger partial charge is 0.480 e. The molecule has 0 bridgehead atoms. The quantitative estimate of drug-likeness (QED) is 0.838. The summed E-state index contributed by atoms with van der Waals surface area (Å²) in [5.74, 6) is -0.690. The van der Waals surface area contributed by atoms with Gasteiger partial charge < -0.3 is 5.11 Å². The normalized spacial score (nSPS) is 31.2. The molecule has 2 heterocycles. The fraction of sp³-hybridized carbons (Fsp3) is 0.917. The first-order valence-electron chi connectivity index (χ1n) is 6.92. The average molecular weight is 290 g/mol. The standard InChI is InChI=1S/C12H22N2O4S/c1-10-5-4-7-13(9-10)19(17,18)14-8-3-2-6-11(14)12(15)16/h10-11H,2-9H2,1H3,(H,15,16)/t10?,11-/m0/s1. The molecule has 0 aromatic rings. The Bertz CT molecular complexity index is 437. The number of rotatable bonds is 3. The SMILES string of the molecule is CC1CCCN(S(=O)(=O)N2CCCC[C@H]2C(=O)O)C1. The Morgan fingerprint density at radius 3 is 2.53 bits per heavy atom. The van der Waals surface area contributed by atoms with Crippen LogP contribution in [0.15, 0.2) is 0 Å². The van der Waals surface area contributed by atoms with Gasteiger partial charge in [-0.05, 0) is 38.0 Å². The van der Waals surface area contributed by atoms with Crippen molar-refractivity contribution in [1.82, 2.24) is 8.61 Å². The van der Waals surface area contributed by atoms with Crippen LogP contribution in [0, 0.1) is 5.92 Å². The highest BCUT2D eigenvalue weighted by molar-refractivity contribution is 7.86. The van der Waals surface area contributed by atoms with Crippen molar-refractivity contribution in [1.29, 1.82) is 0 Å². The molecule has 2 atom stereocenters. The van der Waals surface area contributed by atoms with Gasteiger partial charge in [-0.15, -0.1) is 0 Å². The van der Waals surface area contributed by atoms with Gasteiger partial charge in [0.2, 0.25) is 0 Å². The van der Waals surface area contributed by atoms with Crippen LogP contribution >= 0.6 is 0 Å². The minimum atomic E-state index is -3.63. The molecular formula is C12H22N2O4S. The zero-order valence-corrected chi connectivity index (χ0v) is 12.1. The van der Waals surface area contributed by atoms with E-state index in [1.165, 1.54) is 8.61 Å². The minimum Gasteiger partial charge on any atom is -0.480 e. The van der Waals surface area contributed by atoms with E-state index in [1.807, 2.05) is 6.92 Å². The fourth-order valence-corrected chi connectivity index (χ4v) is 4.91. The molecule has 2 rings (SSSR count). The molecule has 6 nitrogen and oxygen atoms in total. The number of piperidine rings is 2. The van der Waals surface area contributed by atoms with E-state index < -0.39 is 22.2 Å². The topological polar surface area (TPSA) is 77.9 Å². The zero-order valence-electron chi connectivity index (χ0n) is 11.3. The molecule has 0 aromatic heterocycles. The number of carbonyl (C=O) groups is 1. The summed E-state index contributed by atoms with van der Waals surface area (Å²) < 4.78 is 27.8. The van der Waals surface area contributed by atoms with Gasteiger partial charge in [-0.1, -0.05) is 6.92 Å². The highest BCUT2D eigenvalue weighted by Crippen LogP contribution is 2.26. The summed E-state index contributed by atoms with van der Waals surface area (Å²) in [7, 11) is -3.63. The molecule has 0 spiro atoms. The number of carboxylic acids is 1. The molecule has 0 aliphatic carbocycles. The predicted octanol–water partition coefficient (Wildman–Crippen LogP) is 0.902. The van der Waals surface area contributed by atoms with E-state index in [4.69, 9.17) is 0 Å². The Kier molecular flexibility index (Phi) is 4.47. The van der Waals surface area contributed by atoms with Crippen LogP contribution in [0.3, 0.4) is 0 Å². The van der Waals surface area contributed by atoms with Crippen LogP contribution in [-0.4, -0.2) is 53.8 Å². The Hall–Kier alpha value is -0.660. The lowest BCUT2D eigenvalue weighted by atomic mass is 10.0. The molecule has 0 saturated carbocycles. The molecule has 1 N–H and O–H groups in total. The first-order valence-corrected chi connectivity index (χ1v) is 8.32. The Labute approximate surface area is 114 Å².